The maximum atomic E-state index is 13.1. The van der Waals surface area contributed by atoms with Crippen LogP contribution in [-0.2, 0) is 11.2 Å². The van der Waals surface area contributed by atoms with Gasteiger partial charge in [-0.2, -0.15) is 0 Å². The number of ketones is 1. The van der Waals surface area contributed by atoms with Crippen LogP contribution >= 0.6 is 0 Å². The van der Waals surface area contributed by atoms with Gasteiger partial charge in [0.25, 0.3) is 0 Å². The lowest BCUT2D eigenvalue weighted by Gasteiger charge is -2.39. The first-order chi connectivity index (χ1) is 19.3. The summed E-state index contributed by atoms with van der Waals surface area (Å²) in [6.45, 7) is 7.56. The zero-order valence-electron chi connectivity index (χ0n) is 22.6. The standard InChI is InChI=1S/C30H31N5O5/c1-17-12-20(14-26-28(17)32-18(2)40-26)29(37)23-15-27(31-16-25(23)36)34-9-7-21(8-10-34)35-11-6-19-13-22(39-3)4-5-24(19)33-30(35)38/h4-5,12-15,21,37H,2,6-11,16H2,1,3H3,(H,33,38)/b29-20+. The van der Waals surface area contributed by atoms with Gasteiger partial charge in [-0.25, -0.2) is 9.78 Å². The van der Waals surface area contributed by atoms with Gasteiger partial charge >= 0.3 is 6.03 Å². The van der Waals surface area contributed by atoms with Crippen molar-refractivity contribution < 1.29 is 23.8 Å². The number of dihydropyridines is 1. The van der Waals surface area contributed by atoms with E-state index in [1.54, 1.807) is 25.3 Å². The molecular weight excluding hydrogens is 510 g/mol. The number of rotatable bonds is 3. The van der Waals surface area contributed by atoms with Crippen LogP contribution in [0.5, 0.6) is 5.75 Å². The highest BCUT2D eigenvalue weighted by Gasteiger charge is 2.32. The third kappa shape index (κ3) is 4.70. The quantitative estimate of drug-likeness (QED) is 0.523. The second-order valence-corrected chi connectivity index (χ2v) is 10.4. The normalized spacial score (nSPS) is 19.1. The molecule has 2 N–H and O–H groups in total. The van der Waals surface area contributed by atoms with Crippen molar-refractivity contribution in [1.82, 2.24) is 14.8 Å². The molecule has 0 saturated carbocycles. The summed E-state index contributed by atoms with van der Waals surface area (Å²) in [7, 11) is 1.64. The van der Waals surface area contributed by atoms with Crippen LogP contribution in [0.15, 0.2) is 51.4 Å². The number of piperidine rings is 1. The molecule has 4 heterocycles. The minimum Gasteiger partial charge on any atom is -0.507 e. The number of amides is 2. The Morgan fingerprint density at radius 3 is 2.75 bits per heavy atom. The van der Waals surface area contributed by atoms with Crippen molar-refractivity contribution in [2.24, 2.45) is 4.99 Å². The fraction of sp³-hybridized carbons (Fsp3) is 0.333. The van der Waals surface area contributed by atoms with Crippen LogP contribution in [0.3, 0.4) is 0 Å². The lowest BCUT2D eigenvalue weighted by Crippen LogP contribution is -2.50. The van der Waals surface area contributed by atoms with Crippen molar-refractivity contribution in [2.75, 3.05) is 38.6 Å². The van der Waals surface area contributed by atoms with Crippen LogP contribution in [-0.4, -0.2) is 76.9 Å². The molecule has 2 amide bonds. The maximum absolute atomic E-state index is 13.1. The lowest BCUT2D eigenvalue weighted by atomic mass is 10.00. The summed E-state index contributed by atoms with van der Waals surface area (Å²) in [5.74, 6) is 1.08. The number of aliphatic hydroxyl groups is 1. The van der Waals surface area contributed by atoms with Crippen LogP contribution in [0, 0.1) is 6.92 Å². The maximum Gasteiger partial charge on any atom is 0.322 e. The molecule has 1 fully saturated rings. The molecule has 2 aromatic carbocycles. The minimum atomic E-state index is -0.248. The van der Waals surface area contributed by atoms with Gasteiger partial charge in [0, 0.05) is 36.6 Å². The number of amidine groups is 1. The number of methoxy groups -OCH3 is 1. The van der Waals surface area contributed by atoms with E-state index < -0.39 is 0 Å². The van der Waals surface area contributed by atoms with Crippen LogP contribution in [0.2, 0.25) is 0 Å². The van der Waals surface area contributed by atoms with Crippen molar-refractivity contribution >= 4 is 46.8 Å². The first-order valence-electron chi connectivity index (χ1n) is 13.4. The number of aryl methyl sites for hydroxylation is 1. The number of oxazole rings is 1. The number of likely N-dealkylation sites (tertiary alicyclic amines) is 1. The molecule has 0 atom stereocenters. The number of ether oxygens (including phenoxy) is 1. The number of nitrogens with zero attached hydrogens (tertiary/aromatic N) is 4. The summed E-state index contributed by atoms with van der Waals surface area (Å²) in [6, 6.07) is 9.18. The van der Waals surface area contributed by atoms with Gasteiger partial charge in [0.05, 0.1) is 12.7 Å². The largest absolute Gasteiger partial charge is 0.507 e. The number of Topliss-reactive ketones (excluding diaryl/α,β-unsaturated/α-hetero) is 1. The minimum absolute atomic E-state index is 0.0338. The Morgan fingerprint density at radius 2 is 1.98 bits per heavy atom. The van der Waals surface area contributed by atoms with Crippen molar-refractivity contribution in [1.29, 1.82) is 0 Å². The Morgan fingerprint density at radius 1 is 1.18 bits per heavy atom. The van der Waals surface area contributed by atoms with Crippen molar-refractivity contribution in [2.45, 2.75) is 32.2 Å². The molecule has 3 aliphatic heterocycles. The van der Waals surface area contributed by atoms with Gasteiger partial charge in [0.15, 0.2) is 11.4 Å². The number of aliphatic imine (C=N–C) groups is 1. The van der Waals surface area contributed by atoms with Gasteiger partial charge in [0.1, 0.15) is 29.4 Å². The lowest BCUT2D eigenvalue weighted by molar-refractivity contribution is -0.114. The molecule has 1 aromatic heterocycles. The average molecular weight is 542 g/mol. The molecule has 6 rings (SSSR count). The number of hydrogen-bond acceptors (Lipinski definition) is 8. The van der Waals surface area contributed by atoms with Gasteiger partial charge in [-0.3, -0.25) is 9.79 Å². The van der Waals surface area contributed by atoms with Gasteiger partial charge in [-0.1, -0.05) is 0 Å². The fourth-order valence-electron chi connectivity index (χ4n) is 5.73. The predicted molar refractivity (Wildman–Crippen MR) is 152 cm³/mol. The van der Waals surface area contributed by atoms with Crippen LogP contribution in [0.25, 0.3) is 23.4 Å². The average Bonchev–Trinajstić information content (AvgIpc) is 3.26. The van der Waals surface area contributed by atoms with E-state index in [2.05, 4.69) is 26.8 Å². The Kier molecular flexibility index (Phi) is 6.53. The number of urea groups is 1. The summed E-state index contributed by atoms with van der Waals surface area (Å²) in [4.78, 5) is 38.6. The van der Waals surface area contributed by atoms with Crippen LogP contribution in [0.1, 0.15) is 24.0 Å². The van der Waals surface area contributed by atoms with Crippen molar-refractivity contribution in [3.8, 4) is 5.75 Å². The molecular formula is C30H31N5O5. The highest BCUT2D eigenvalue weighted by Crippen LogP contribution is 2.28. The van der Waals surface area contributed by atoms with E-state index in [1.807, 2.05) is 30.0 Å². The van der Waals surface area contributed by atoms with E-state index in [4.69, 9.17) is 9.15 Å². The first-order valence-corrected chi connectivity index (χ1v) is 13.4. The number of carbonyl (C=O) groups is 2. The van der Waals surface area contributed by atoms with E-state index in [0.717, 1.165) is 41.8 Å². The number of anilines is 1. The van der Waals surface area contributed by atoms with Crippen molar-refractivity contribution in [3.05, 3.63) is 63.9 Å². The van der Waals surface area contributed by atoms with E-state index >= 15 is 0 Å². The molecule has 3 aromatic rings. The molecule has 3 aliphatic rings. The number of carbonyl (C=O) groups excluding carboxylic acids is 2. The molecule has 0 radical (unpaired) electrons. The summed E-state index contributed by atoms with van der Waals surface area (Å²) in [5, 5.41) is 14.6. The Hall–Kier alpha value is -4.60. The van der Waals surface area contributed by atoms with Gasteiger partial charge in [-0.15, -0.1) is 0 Å². The SMILES string of the molecule is C=c1nc2c(C)c/c(=C(\O)C3=CC(N4CCC(N5CCc6cc(OC)ccc6NC5=O)CC4)=NCC3=O)cc2o1. The highest BCUT2D eigenvalue weighted by atomic mass is 16.5. The van der Waals surface area contributed by atoms with Crippen molar-refractivity contribution in [3.63, 3.8) is 0 Å². The smallest absolute Gasteiger partial charge is 0.322 e. The summed E-state index contributed by atoms with van der Waals surface area (Å²) in [6.07, 6.45) is 3.95. The number of nitrogens with one attached hydrogen (secondary N) is 1. The van der Waals surface area contributed by atoms with Gasteiger partial charge in [-0.05, 0) is 80.3 Å². The fourth-order valence-corrected chi connectivity index (χ4v) is 5.73. The third-order valence-electron chi connectivity index (χ3n) is 7.88. The molecule has 0 spiro atoms. The first kappa shape index (κ1) is 25.7. The number of aliphatic hydroxyl groups excluding tert-OH is 1. The van der Waals surface area contributed by atoms with Crippen LogP contribution < -0.4 is 20.8 Å². The van der Waals surface area contributed by atoms with E-state index in [9.17, 15) is 14.7 Å². The monoisotopic (exact) mass is 541 g/mol. The van der Waals surface area contributed by atoms with Gasteiger partial charge in [0.2, 0.25) is 5.55 Å². The molecule has 206 valence electrons. The number of aromatic nitrogens is 1. The van der Waals surface area contributed by atoms with Gasteiger partial charge < -0.3 is 29.4 Å². The second kappa shape index (κ2) is 10.2. The molecule has 0 aliphatic carbocycles. The number of hydrogen-bond donors (Lipinski definition) is 2. The predicted octanol–water partition coefficient (Wildman–Crippen LogP) is 2.68. The third-order valence-corrected chi connectivity index (χ3v) is 7.88. The number of fused-ring (bicyclic) bond motifs is 2. The molecule has 40 heavy (non-hydrogen) atoms. The zero-order chi connectivity index (χ0) is 28.0. The summed E-state index contributed by atoms with van der Waals surface area (Å²) in [5.41, 5.74) is 4.40. The Balaban J connectivity index is 1.17. The topological polar surface area (TPSA) is 121 Å². The van der Waals surface area contributed by atoms with E-state index in [-0.39, 0.29) is 35.7 Å². The Bertz CT molecular complexity index is 1700. The molecule has 10 nitrogen and oxygen atoms in total. The summed E-state index contributed by atoms with van der Waals surface area (Å²) < 4.78 is 10.9. The van der Waals surface area contributed by atoms with E-state index in [0.29, 0.717) is 47.3 Å². The van der Waals surface area contributed by atoms with Crippen LogP contribution in [0.4, 0.5) is 10.5 Å². The molecule has 10 heteroatoms. The number of benzene rings is 2. The zero-order valence-corrected chi connectivity index (χ0v) is 22.6. The molecule has 0 unspecified atom stereocenters. The van der Waals surface area contributed by atoms with E-state index in [1.165, 1.54) is 0 Å². The highest BCUT2D eigenvalue weighted by molar-refractivity contribution is 6.15. The Labute approximate surface area is 230 Å². The molecule has 1 saturated heterocycles. The summed E-state index contributed by atoms with van der Waals surface area (Å²) >= 11 is 0. The second-order valence-electron chi connectivity index (χ2n) is 10.4. The molecule has 0 bridgehead atoms.